The summed E-state index contributed by atoms with van der Waals surface area (Å²) < 4.78 is 38.4. The highest BCUT2D eigenvalue weighted by atomic mass is 19.4. The Morgan fingerprint density at radius 2 is 1.77 bits per heavy atom. The number of anilines is 1. The van der Waals surface area contributed by atoms with E-state index in [0.29, 0.717) is 16.8 Å². The van der Waals surface area contributed by atoms with Gasteiger partial charge in [-0.15, -0.1) is 0 Å². The molecule has 0 fully saturated rings. The van der Waals surface area contributed by atoms with E-state index in [4.69, 9.17) is 0 Å². The van der Waals surface area contributed by atoms with Gasteiger partial charge in [-0.1, -0.05) is 30.8 Å². The molecular formula is C19H15F3N2O2. The molecule has 0 aliphatic carbocycles. The van der Waals surface area contributed by atoms with E-state index in [-0.39, 0.29) is 11.6 Å². The molecule has 1 aliphatic heterocycles. The molecule has 3 rings (SSSR count). The minimum atomic E-state index is -4.51. The molecule has 0 saturated carbocycles. The summed E-state index contributed by atoms with van der Waals surface area (Å²) in [5.41, 5.74) is 0.605. The van der Waals surface area contributed by atoms with Crippen LogP contribution in [0.25, 0.3) is 5.70 Å². The first-order chi connectivity index (χ1) is 12.2. The third-order valence-electron chi connectivity index (χ3n) is 4.20. The van der Waals surface area contributed by atoms with Gasteiger partial charge in [-0.25, -0.2) is 0 Å². The van der Waals surface area contributed by atoms with Crippen LogP contribution in [0.2, 0.25) is 0 Å². The van der Waals surface area contributed by atoms with E-state index in [9.17, 15) is 22.8 Å². The van der Waals surface area contributed by atoms with Crippen LogP contribution in [-0.4, -0.2) is 22.8 Å². The fourth-order valence-corrected chi connectivity index (χ4v) is 2.85. The highest BCUT2D eigenvalue weighted by Gasteiger charge is 2.37. The van der Waals surface area contributed by atoms with E-state index < -0.39 is 23.7 Å². The molecule has 4 nitrogen and oxygen atoms in total. The van der Waals surface area contributed by atoms with Crippen LogP contribution in [-0.2, 0) is 11.0 Å². The number of fused-ring (bicyclic) bond motifs is 1. The molecular weight excluding hydrogens is 345 g/mol. The predicted octanol–water partition coefficient (Wildman–Crippen LogP) is 4.16. The first kappa shape index (κ1) is 17.7. The van der Waals surface area contributed by atoms with Gasteiger partial charge in [0, 0.05) is 22.5 Å². The van der Waals surface area contributed by atoms with Crippen molar-refractivity contribution in [2.24, 2.45) is 0 Å². The van der Waals surface area contributed by atoms with Gasteiger partial charge >= 0.3 is 6.18 Å². The minimum absolute atomic E-state index is 0.00597. The average molecular weight is 360 g/mol. The summed E-state index contributed by atoms with van der Waals surface area (Å²) in [6.45, 7) is 5.36. The second-order valence-corrected chi connectivity index (χ2v) is 5.91. The number of nitrogens with zero attached hydrogens (tertiary/aromatic N) is 1. The molecule has 1 heterocycles. The van der Waals surface area contributed by atoms with Crippen LogP contribution < -0.4 is 5.32 Å². The van der Waals surface area contributed by atoms with E-state index in [2.05, 4.69) is 11.9 Å². The number of halogens is 3. The molecule has 0 saturated heterocycles. The third-order valence-corrected chi connectivity index (χ3v) is 4.20. The van der Waals surface area contributed by atoms with Gasteiger partial charge in [-0.05, 0) is 31.2 Å². The summed E-state index contributed by atoms with van der Waals surface area (Å²) in [6, 6.07) is 10.2. The van der Waals surface area contributed by atoms with Crippen molar-refractivity contribution in [2.75, 3.05) is 5.32 Å². The number of alkyl halides is 3. The number of benzene rings is 2. The molecule has 0 unspecified atom stereocenters. The van der Waals surface area contributed by atoms with Crippen molar-refractivity contribution in [1.82, 2.24) is 4.90 Å². The molecule has 0 aromatic heterocycles. The zero-order valence-electron chi connectivity index (χ0n) is 13.8. The van der Waals surface area contributed by atoms with Gasteiger partial charge in [0.05, 0.1) is 5.56 Å². The lowest BCUT2D eigenvalue weighted by molar-refractivity contribution is -0.137. The number of nitrogens with one attached hydrogen (secondary N) is 1. The summed E-state index contributed by atoms with van der Waals surface area (Å²) in [7, 11) is 0. The van der Waals surface area contributed by atoms with Gasteiger partial charge in [0.15, 0.2) is 0 Å². The lowest BCUT2D eigenvalue weighted by Gasteiger charge is -2.24. The summed E-state index contributed by atoms with van der Waals surface area (Å²) in [5.74, 6) is -0.969. The van der Waals surface area contributed by atoms with Crippen LogP contribution in [0.15, 0.2) is 55.1 Å². The Bertz CT molecular complexity index is 871. The highest BCUT2D eigenvalue weighted by molar-refractivity contribution is 6.11. The number of carbonyl (C=O) groups excluding carboxylic acids is 2. The summed E-state index contributed by atoms with van der Waals surface area (Å²) in [5, 5.41) is 2.43. The molecule has 1 N–H and O–H groups in total. The molecule has 7 heteroatoms. The standard InChI is InChI=1S/C19H15F3N2O2/c1-11-15-8-3-4-9-16(15)18(26)24(11)12(2)17(25)23-14-7-5-6-13(10-14)19(20,21)22/h3-10,12H,1H2,2H3,(H,23,25)/t12-/m0/s1. The van der Waals surface area contributed by atoms with Gasteiger partial charge in [0.2, 0.25) is 5.91 Å². The van der Waals surface area contributed by atoms with Gasteiger partial charge in [0.25, 0.3) is 5.91 Å². The Labute approximate surface area is 147 Å². The minimum Gasteiger partial charge on any atom is -0.324 e. The van der Waals surface area contributed by atoms with E-state index in [1.54, 1.807) is 24.3 Å². The van der Waals surface area contributed by atoms with E-state index in [1.807, 2.05) is 0 Å². The fraction of sp³-hybridized carbons (Fsp3) is 0.158. The quantitative estimate of drug-likeness (QED) is 0.894. The fourth-order valence-electron chi connectivity index (χ4n) is 2.85. The average Bonchev–Trinajstić information content (AvgIpc) is 2.85. The number of rotatable bonds is 3. The van der Waals surface area contributed by atoms with Crippen molar-refractivity contribution < 1.29 is 22.8 Å². The molecule has 0 spiro atoms. The van der Waals surface area contributed by atoms with Crippen LogP contribution in [0.5, 0.6) is 0 Å². The molecule has 0 radical (unpaired) electrons. The van der Waals surface area contributed by atoms with Crippen LogP contribution in [0.4, 0.5) is 18.9 Å². The zero-order valence-corrected chi connectivity index (χ0v) is 13.8. The predicted molar refractivity (Wildman–Crippen MR) is 91.2 cm³/mol. The van der Waals surface area contributed by atoms with Gasteiger partial charge in [0.1, 0.15) is 6.04 Å². The van der Waals surface area contributed by atoms with Crippen molar-refractivity contribution >= 4 is 23.2 Å². The SMILES string of the molecule is C=C1c2ccccc2C(=O)N1[C@@H](C)C(=O)Nc1cccc(C(F)(F)F)c1. The first-order valence-electron chi connectivity index (χ1n) is 7.80. The summed E-state index contributed by atoms with van der Waals surface area (Å²) in [4.78, 5) is 26.2. The van der Waals surface area contributed by atoms with Crippen molar-refractivity contribution in [3.63, 3.8) is 0 Å². The van der Waals surface area contributed by atoms with Gasteiger partial charge in [-0.3, -0.25) is 14.5 Å². The number of hydrogen-bond acceptors (Lipinski definition) is 2. The molecule has 1 aliphatic rings. The number of hydrogen-bond donors (Lipinski definition) is 1. The normalized spacial score (nSPS) is 15.0. The monoisotopic (exact) mass is 360 g/mol. The Morgan fingerprint density at radius 1 is 1.12 bits per heavy atom. The lowest BCUT2D eigenvalue weighted by Crippen LogP contribution is -2.41. The molecule has 0 bridgehead atoms. The maximum Gasteiger partial charge on any atom is 0.416 e. The molecule has 2 amide bonds. The second kappa shape index (κ2) is 6.33. The highest BCUT2D eigenvalue weighted by Crippen LogP contribution is 2.34. The summed E-state index contributed by atoms with van der Waals surface area (Å²) >= 11 is 0. The van der Waals surface area contributed by atoms with Crippen LogP contribution >= 0.6 is 0 Å². The Balaban J connectivity index is 1.80. The molecule has 2 aromatic rings. The van der Waals surface area contributed by atoms with E-state index in [1.165, 1.54) is 24.0 Å². The summed E-state index contributed by atoms with van der Waals surface area (Å²) in [6.07, 6.45) is -4.51. The molecule has 134 valence electrons. The Kier molecular flexibility index (Phi) is 4.31. The molecule has 1 atom stereocenters. The van der Waals surface area contributed by atoms with Gasteiger partial charge in [-0.2, -0.15) is 13.2 Å². The number of carbonyl (C=O) groups is 2. The lowest BCUT2D eigenvalue weighted by atomic mass is 10.1. The maximum atomic E-state index is 12.8. The van der Waals surface area contributed by atoms with Crippen LogP contribution in [0.3, 0.4) is 0 Å². The second-order valence-electron chi connectivity index (χ2n) is 5.91. The van der Waals surface area contributed by atoms with Crippen LogP contribution in [0, 0.1) is 0 Å². The van der Waals surface area contributed by atoms with Crippen molar-refractivity contribution in [3.8, 4) is 0 Å². The van der Waals surface area contributed by atoms with E-state index >= 15 is 0 Å². The Morgan fingerprint density at radius 3 is 2.38 bits per heavy atom. The smallest absolute Gasteiger partial charge is 0.324 e. The van der Waals surface area contributed by atoms with E-state index in [0.717, 1.165) is 12.1 Å². The largest absolute Gasteiger partial charge is 0.416 e. The first-order valence-corrected chi connectivity index (χ1v) is 7.80. The van der Waals surface area contributed by atoms with Crippen LogP contribution in [0.1, 0.15) is 28.4 Å². The third kappa shape index (κ3) is 3.08. The Hall–Kier alpha value is -3.09. The topological polar surface area (TPSA) is 49.4 Å². The van der Waals surface area contributed by atoms with Gasteiger partial charge < -0.3 is 5.32 Å². The van der Waals surface area contributed by atoms with Crippen molar-refractivity contribution in [1.29, 1.82) is 0 Å². The van der Waals surface area contributed by atoms with Crippen molar-refractivity contribution in [3.05, 3.63) is 71.8 Å². The molecule has 2 aromatic carbocycles. The maximum absolute atomic E-state index is 12.8. The van der Waals surface area contributed by atoms with Crippen molar-refractivity contribution in [2.45, 2.75) is 19.1 Å². The molecule has 26 heavy (non-hydrogen) atoms. The number of amides is 2. The zero-order chi connectivity index (χ0) is 19.1.